The van der Waals surface area contributed by atoms with Crippen molar-refractivity contribution in [2.45, 2.75) is 38.2 Å². The molecule has 0 fully saturated rings. The number of hydrogen-bond donors (Lipinski definition) is 0. The van der Waals surface area contributed by atoms with Crippen molar-refractivity contribution in [3.8, 4) is 0 Å². The van der Waals surface area contributed by atoms with E-state index in [9.17, 15) is 0 Å². The first-order valence-electron chi connectivity index (χ1n) is 3.37. The molecule has 0 atom stereocenters. The minimum atomic E-state index is -0.593. The molecule has 0 aromatic rings. The number of rotatable bonds is 2. The van der Waals surface area contributed by atoms with Gasteiger partial charge in [-0.2, -0.15) is 0 Å². The molecule has 0 aromatic carbocycles. The van der Waals surface area contributed by atoms with Gasteiger partial charge in [-0.25, -0.2) is 0 Å². The predicted molar refractivity (Wildman–Crippen MR) is 43.1 cm³/mol. The molecule has 0 amide bonds. The van der Waals surface area contributed by atoms with E-state index in [4.69, 9.17) is 0 Å². The molecule has 0 nitrogen and oxygen atoms in total. The summed E-state index contributed by atoms with van der Waals surface area (Å²) in [5, 5.41) is 2.94. The van der Waals surface area contributed by atoms with Crippen molar-refractivity contribution in [1.82, 2.24) is 0 Å². The zero-order valence-electron chi connectivity index (χ0n) is 6.41. The van der Waals surface area contributed by atoms with Crippen molar-refractivity contribution in [1.29, 1.82) is 0 Å². The second-order valence-electron chi connectivity index (χ2n) is 2.31. The zero-order valence-corrected chi connectivity index (χ0v) is 8.51. The van der Waals surface area contributed by atoms with Gasteiger partial charge in [0.2, 0.25) is 0 Å². The third kappa shape index (κ3) is 2.65. The van der Waals surface area contributed by atoms with Crippen LogP contribution in [0.15, 0.2) is 0 Å². The molecule has 0 aliphatic heterocycles. The molecule has 0 bridgehead atoms. The van der Waals surface area contributed by atoms with E-state index in [1.807, 2.05) is 0 Å². The van der Waals surface area contributed by atoms with Crippen molar-refractivity contribution < 1.29 is 0 Å². The summed E-state index contributed by atoms with van der Waals surface area (Å²) in [5.41, 5.74) is 0. The fraction of sp³-hybridized carbons (Fsp3) is 0.857. The molecular weight excluding hydrogens is 157 g/mol. The van der Waals surface area contributed by atoms with E-state index in [1.165, 1.54) is 10.5 Å². The Balaban J connectivity index is 3.86. The van der Waals surface area contributed by atoms with Crippen LogP contribution in [0.3, 0.4) is 0 Å². The summed E-state index contributed by atoms with van der Waals surface area (Å²) < 4.78 is 1.75. The van der Waals surface area contributed by atoms with E-state index >= 15 is 0 Å². The quantitative estimate of drug-likeness (QED) is 0.561. The van der Waals surface area contributed by atoms with E-state index in [2.05, 4.69) is 27.7 Å². The van der Waals surface area contributed by atoms with Crippen molar-refractivity contribution >= 4 is 18.3 Å². The summed E-state index contributed by atoms with van der Waals surface area (Å²) in [4.78, 5) is 0. The third-order valence-electron chi connectivity index (χ3n) is 1.56. The first-order chi connectivity index (χ1) is 3.72. The van der Waals surface area contributed by atoms with Crippen LogP contribution in [0.2, 0.25) is 10.5 Å². The van der Waals surface area contributed by atoms with Crippen LogP contribution < -0.4 is 0 Å². The molecule has 0 unspecified atom stereocenters. The van der Waals surface area contributed by atoms with Gasteiger partial charge in [0.1, 0.15) is 0 Å². The SMILES string of the molecule is C[CH2][Ge]([CH2]C)=[C](C)C. The molecule has 8 heavy (non-hydrogen) atoms. The van der Waals surface area contributed by atoms with Crippen LogP contribution in [0.25, 0.3) is 0 Å². The van der Waals surface area contributed by atoms with Gasteiger partial charge in [0.15, 0.2) is 0 Å². The van der Waals surface area contributed by atoms with E-state index in [-0.39, 0.29) is 0 Å². The zero-order chi connectivity index (χ0) is 6.57. The molecule has 0 aliphatic carbocycles. The average molecular weight is 173 g/mol. The van der Waals surface area contributed by atoms with E-state index < -0.39 is 13.9 Å². The van der Waals surface area contributed by atoms with Crippen LogP contribution in [0, 0.1) is 0 Å². The second-order valence-corrected chi connectivity index (χ2v) is 9.91. The molecule has 0 saturated heterocycles. The van der Waals surface area contributed by atoms with Gasteiger partial charge in [0, 0.05) is 0 Å². The van der Waals surface area contributed by atoms with Gasteiger partial charge >= 0.3 is 56.5 Å². The summed E-state index contributed by atoms with van der Waals surface area (Å²) in [5.74, 6) is 0. The van der Waals surface area contributed by atoms with E-state index in [0.29, 0.717) is 0 Å². The van der Waals surface area contributed by atoms with Crippen LogP contribution in [-0.2, 0) is 0 Å². The summed E-state index contributed by atoms with van der Waals surface area (Å²) in [7, 11) is 0. The first-order valence-corrected chi connectivity index (χ1v) is 7.39. The van der Waals surface area contributed by atoms with Gasteiger partial charge in [-0.3, -0.25) is 0 Å². The molecule has 0 spiro atoms. The Morgan fingerprint density at radius 1 is 1.12 bits per heavy atom. The van der Waals surface area contributed by atoms with Crippen molar-refractivity contribution in [3.63, 3.8) is 0 Å². The maximum atomic E-state index is 2.33. The Hall–Kier alpha value is 0.413. The third-order valence-corrected chi connectivity index (χ3v) is 8.11. The monoisotopic (exact) mass is 174 g/mol. The van der Waals surface area contributed by atoms with Gasteiger partial charge in [-0.05, 0) is 0 Å². The van der Waals surface area contributed by atoms with Gasteiger partial charge in [0.25, 0.3) is 0 Å². The molecule has 0 radical (unpaired) electrons. The van der Waals surface area contributed by atoms with Crippen LogP contribution in [0.5, 0.6) is 0 Å². The molecule has 0 heterocycles. The van der Waals surface area contributed by atoms with Gasteiger partial charge in [-0.1, -0.05) is 0 Å². The first kappa shape index (κ1) is 8.41. The van der Waals surface area contributed by atoms with E-state index in [1.54, 1.807) is 4.35 Å². The molecule has 0 saturated carbocycles. The predicted octanol–water partition coefficient (Wildman–Crippen LogP) is 2.31. The minimum absolute atomic E-state index is 0.593. The standard InChI is InChI=1S/C7H16Ge/c1-5-8(6-2)7(3)4/h5-6H2,1-4H3. The molecule has 48 valence electrons. The molecule has 1 heteroatoms. The molecule has 0 N–H and O–H groups in total. The Kier molecular flexibility index (Phi) is 4.53. The van der Waals surface area contributed by atoms with Crippen LogP contribution >= 0.6 is 0 Å². The van der Waals surface area contributed by atoms with Crippen LogP contribution in [0.1, 0.15) is 27.7 Å². The molecule has 0 aliphatic rings. The Morgan fingerprint density at radius 2 is 1.50 bits per heavy atom. The van der Waals surface area contributed by atoms with E-state index in [0.717, 1.165) is 0 Å². The van der Waals surface area contributed by atoms with Gasteiger partial charge in [-0.15, -0.1) is 0 Å². The number of hydrogen-bond acceptors (Lipinski definition) is 0. The van der Waals surface area contributed by atoms with Gasteiger partial charge < -0.3 is 0 Å². The summed E-state index contributed by atoms with van der Waals surface area (Å²) in [6.45, 7) is 9.24. The van der Waals surface area contributed by atoms with Crippen LogP contribution in [-0.4, -0.2) is 18.3 Å². The summed E-state index contributed by atoms with van der Waals surface area (Å²) in [6, 6.07) is 0. The van der Waals surface area contributed by atoms with Gasteiger partial charge in [0.05, 0.1) is 0 Å². The maximum absolute atomic E-state index is 2.33. The fourth-order valence-electron chi connectivity index (χ4n) is 0.957. The van der Waals surface area contributed by atoms with Crippen LogP contribution in [0.4, 0.5) is 0 Å². The average Bonchev–Trinajstić information content (AvgIpc) is 1.69. The van der Waals surface area contributed by atoms with Crippen molar-refractivity contribution in [2.24, 2.45) is 0 Å². The Morgan fingerprint density at radius 3 is 1.50 bits per heavy atom. The molecule has 0 rings (SSSR count). The van der Waals surface area contributed by atoms with Crippen molar-refractivity contribution in [2.75, 3.05) is 0 Å². The Bertz CT molecular complexity index is 82.6. The summed E-state index contributed by atoms with van der Waals surface area (Å²) >= 11 is -0.593. The normalized spacial score (nSPS) is 9.00. The van der Waals surface area contributed by atoms with Crippen molar-refractivity contribution in [3.05, 3.63) is 0 Å². The molecular formula is C7H16Ge. The fourth-order valence-corrected chi connectivity index (χ4v) is 4.97. The topological polar surface area (TPSA) is 0 Å². The summed E-state index contributed by atoms with van der Waals surface area (Å²) in [6.07, 6.45) is 0. The Labute approximate surface area is 56.9 Å². The second kappa shape index (κ2) is 4.31. The molecule has 0 aromatic heterocycles.